The van der Waals surface area contributed by atoms with Crippen molar-refractivity contribution in [3.8, 4) is 0 Å². The molecule has 0 saturated carbocycles. The van der Waals surface area contributed by atoms with E-state index in [0.717, 1.165) is 16.7 Å². The Balaban J connectivity index is 1.70. The molecule has 0 fully saturated rings. The molecule has 0 heterocycles. The fourth-order valence-corrected chi connectivity index (χ4v) is 3.75. The Labute approximate surface area is 221 Å². The predicted molar refractivity (Wildman–Crippen MR) is 141 cm³/mol. The molecule has 0 saturated heterocycles. The molecule has 3 rings (SSSR count). The van der Waals surface area contributed by atoms with E-state index in [4.69, 9.17) is 14.9 Å². The third-order valence-electron chi connectivity index (χ3n) is 5.80. The van der Waals surface area contributed by atoms with Gasteiger partial charge in [0.2, 0.25) is 17.1 Å². The Morgan fingerprint density at radius 3 is 1.87 bits per heavy atom. The van der Waals surface area contributed by atoms with Crippen molar-refractivity contribution in [3.05, 3.63) is 113 Å². The lowest BCUT2D eigenvalue weighted by atomic mass is 10.0. The lowest BCUT2D eigenvalue weighted by Crippen LogP contribution is -2.56. The van der Waals surface area contributed by atoms with E-state index >= 15 is 0 Å². The maximum atomic E-state index is 13.4. The number of hydrogen-bond acceptors (Lipinski definition) is 6. The monoisotopic (exact) mass is 515 g/mol. The predicted octanol–water partition coefficient (Wildman–Crippen LogP) is 4.04. The van der Waals surface area contributed by atoms with Gasteiger partial charge in [-0.05, 0) is 23.6 Å². The first-order chi connectivity index (χ1) is 18.5. The summed E-state index contributed by atoms with van der Waals surface area (Å²) in [5.74, 6) is -1.14. The number of benzene rings is 3. The van der Waals surface area contributed by atoms with Gasteiger partial charge < -0.3 is 20.1 Å². The minimum absolute atomic E-state index is 0.0375. The molecule has 0 aliphatic carbocycles. The summed E-state index contributed by atoms with van der Waals surface area (Å²) >= 11 is 0. The topological polar surface area (TPSA) is 122 Å². The van der Waals surface area contributed by atoms with Gasteiger partial charge in [0.05, 0.1) is 12.7 Å². The molecule has 9 heteroatoms. The highest BCUT2D eigenvalue weighted by molar-refractivity contribution is 5.94. The molecule has 2 N–H and O–H groups in total. The number of carbonyl (C=O) groups is 3. The van der Waals surface area contributed by atoms with Crippen molar-refractivity contribution in [2.45, 2.75) is 44.7 Å². The third-order valence-corrected chi connectivity index (χ3v) is 5.80. The molecule has 0 aliphatic heterocycles. The average Bonchev–Trinajstić information content (AvgIpc) is 2.95. The molecule has 3 aromatic rings. The van der Waals surface area contributed by atoms with E-state index in [-0.39, 0.29) is 19.6 Å². The molecule has 2 amide bonds. The minimum atomic E-state index is -1.11. The summed E-state index contributed by atoms with van der Waals surface area (Å²) in [6, 6.07) is 25.6. The van der Waals surface area contributed by atoms with Crippen molar-refractivity contribution >= 4 is 17.8 Å². The highest BCUT2D eigenvalue weighted by Gasteiger charge is 2.33. The second-order valence-electron chi connectivity index (χ2n) is 8.70. The van der Waals surface area contributed by atoms with Crippen molar-refractivity contribution in [1.29, 1.82) is 5.39 Å². The lowest BCUT2D eigenvalue weighted by Gasteiger charge is -2.25. The zero-order valence-electron chi connectivity index (χ0n) is 21.2. The molecule has 9 nitrogen and oxygen atoms in total. The van der Waals surface area contributed by atoms with Crippen LogP contribution in [0.25, 0.3) is 4.98 Å². The standard InChI is InChI=1S/C29H30N4O5/c1-21(37-19-23-13-7-3-8-14-23)27(26(34)18-31-30)33-28(35)25(17-22-11-5-2-6-12-22)32-29(36)38-20-24-15-9-4-10-16-24/h2-16,21,25,27H,17-20H2,1H3,(H-,32,33,35,36)/p+1/t21-,25+,27+/m1/s1. The zero-order valence-corrected chi connectivity index (χ0v) is 21.2. The zero-order chi connectivity index (χ0) is 27.2. The Kier molecular flexibility index (Phi) is 11.0. The van der Waals surface area contributed by atoms with Gasteiger partial charge >= 0.3 is 12.6 Å². The molecular weight excluding hydrogens is 484 g/mol. The number of nitrogens with one attached hydrogen (secondary N) is 2. The Bertz CT molecular complexity index is 1220. The molecule has 3 atom stereocenters. The first-order valence-electron chi connectivity index (χ1n) is 12.3. The molecular formula is C29H31N4O5+. The number of rotatable bonds is 13. The van der Waals surface area contributed by atoms with Crippen molar-refractivity contribution in [2.24, 2.45) is 0 Å². The summed E-state index contributed by atoms with van der Waals surface area (Å²) in [4.78, 5) is 41.6. The van der Waals surface area contributed by atoms with E-state index < -0.39 is 42.5 Å². The summed E-state index contributed by atoms with van der Waals surface area (Å²) in [6.45, 7) is 1.39. The van der Waals surface area contributed by atoms with Gasteiger partial charge in [0, 0.05) is 6.42 Å². The molecule has 0 aromatic heterocycles. The Morgan fingerprint density at radius 1 is 0.789 bits per heavy atom. The molecule has 38 heavy (non-hydrogen) atoms. The first kappa shape index (κ1) is 28.0. The van der Waals surface area contributed by atoms with Gasteiger partial charge in [-0.3, -0.25) is 9.59 Å². The second kappa shape index (κ2) is 14.9. The quantitative estimate of drug-likeness (QED) is 0.332. The molecule has 0 unspecified atom stereocenters. The van der Waals surface area contributed by atoms with Crippen molar-refractivity contribution in [2.75, 3.05) is 6.54 Å². The number of hydrogen-bond donors (Lipinski definition) is 2. The van der Waals surface area contributed by atoms with E-state index in [1.807, 2.05) is 91.0 Å². The van der Waals surface area contributed by atoms with Crippen LogP contribution in [0.15, 0.2) is 91.0 Å². The fourth-order valence-electron chi connectivity index (χ4n) is 3.75. The van der Waals surface area contributed by atoms with Crippen LogP contribution in [0.4, 0.5) is 4.79 Å². The molecule has 0 aliphatic rings. The highest BCUT2D eigenvalue weighted by atomic mass is 16.5. The summed E-state index contributed by atoms with van der Waals surface area (Å²) in [6.07, 6.45) is -1.35. The smallest absolute Gasteiger partial charge is 0.408 e. The van der Waals surface area contributed by atoms with Crippen LogP contribution in [-0.2, 0) is 38.7 Å². The Hall–Kier alpha value is -4.55. The Morgan fingerprint density at radius 2 is 1.32 bits per heavy atom. The second-order valence-corrected chi connectivity index (χ2v) is 8.70. The van der Waals surface area contributed by atoms with Gasteiger partial charge in [-0.2, -0.15) is 0 Å². The van der Waals surface area contributed by atoms with Gasteiger partial charge in [-0.15, -0.1) is 0 Å². The van der Waals surface area contributed by atoms with Crippen LogP contribution in [0, 0.1) is 5.39 Å². The largest absolute Gasteiger partial charge is 0.445 e. The van der Waals surface area contributed by atoms with Gasteiger partial charge in [0.25, 0.3) is 0 Å². The lowest BCUT2D eigenvalue weighted by molar-refractivity contribution is -0.131. The normalized spacial score (nSPS) is 12.8. The van der Waals surface area contributed by atoms with E-state index in [0.29, 0.717) is 0 Å². The van der Waals surface area contributed by atoms with Crippen LogP contribution < -0.4 is 10.6 Å². The van der Waals surface area contributed by atoms with E-state index in [9.17, 15) is 14.4 Å². The first-order valence-corrected chi connectivity index (χ1v) is 12.3. The van der Waals surface area contributed by atoms with Crippen LogP contribution >= 0.6 is 0 Å². The van der Waals surface area contributed by atoms with Crippen molar-refractivity contribution in [3.63, 3.8) is 0 Å². The number of ketones is 1. The summed E-state index contributed by atoms with van der Waals surface area (Å²) < 4.78 is 11.2. The molecule has 196 valence electrons. The number of nitrogens with zero attached hydrogens (tertiary/aromatic N) is 2. The third kappa shape index (κ3) is 9.15. The number of ether oxygens (including phenoxy) is 2. The highest BCUT2D eigenvalue weighted by Crippen LogP contribution is 2.10. The van der Waals surface area contributed by atoms with Crippen molar-refractivity contribution in [1.82, 2.24) is 10.6 Å². The number of amides is 2. The van der Waals surface area contributed by atoms with Gasteiger partial charge in [-0.1, -0.05) is 91.0 Å². The van der Waals surface area contributed by atoms with Crippen LogP contribution in [0.2, 0.25) is 0 Å². The molecule has 3 aromatic carbocycles. The van der Waals surface area contributed by atoms with Crippen LogP contribution in [0.3, 0.4) is 0 Å². The summed E-state index contributed by atoms with van der Waals surface area (Å²) in [5.41, 5.74) is 2.50. The number of diazo groups is 1. The van der Waals surface area contributed by atoms with E-state index in [1.54, 1.807) is 6.92 Å². The maximum Gasteiger partial charge on any atom is 0.408 e. The van der Waals surface area contributed by atoms with Gasteiger partial charge in [-0.25, -0.2) is 4.79 Å². The molecule has 0 spiro atoms. The maximum absolute atomic E-state index is 13.4. The number of Topliss-reactive ketones (excluding diaryl/α,β-unsaturated/α-hetero) is 1. The van der Waals surface area contributed by atoms with Crippen LogP contribution in [0.5, 0.6) is 0 Å². The van der Waals surface area contributed by atoms with Crippen molar-refractivity contribution < 1.29 is 23.9 Å². The number of carbonyl (C=O) groups excluding carboxylic acids is 3. The fraction of sp³-hybridized carbons (Fsp3) is 0.276. The van der Waals surface area contributed by atoms with Gasteiger partial charge in [0.15, 0.2) is 0 Å². The summed E-state index contributed by atoms with van der Waals surface area (Å²) in [7, 11) is 0. The van der Waals surface area contributed by atoms with Crippen LogP contribution in [-0.4, -0.2) is 42.5 Å². The summed E-state index contributed by atoms with van der Waals surface area (Å²) in [5, 5.41) is 14.3. The van der Waals surface area contributed by atoms with E-state index in [1.165, 1.54) is 0 Å². The molecule has 0 radical (unpaired) electrons. The molecule has 0 bridgehead atoms. The van der Waals surface area contributed by atoms with E-state index in [2.05, 4.69) is 15.6 Å². The van der Waals surface area contributed by atoms with Crippen LogP contribution in [0.1, 0.15) is 23.6 Å². The SMILES string of the molecule is C[C@@H](OCc1ccccc1)[C@H](NC(=O)[C@H](Cc1ccccc1)NC(=O)OCc1ccccc1)C(=O)C[N+]#N. The van der Waals surface area contributed by atoms with Gasteiger partial charge in [0.1, 0.15) is 23.7 Å². The number of alkyl carbamates (subject to hydrolysis) is 1. The average molecular weight is 516 g/mol. The minimum Gasteiger partial charge on any atom is -0.445 e.